The van der Waals surface area contributed by atoms with E-state index in [-0.39, 0.29) is 0 Å². The summed E-state index contributed by atoms with van der Waals surface area (Å²) in [5.41, 5.74) is 0. The minimum absolute atomic E-state index is 0.806. The van der Waals surface area contributed by atoms with Crippen molar-refractivity contribution in [3.8, 4) is 0 Å². The van der Waals surface area contributed by atoms with Gasteiger partial charge >= 0.3 is 0 Å². The van der Waals surface area contributed by atoms with Crippen LogP contribution in [0.4, 0.5) is 0 Å². The summed E-state index contributed by atoms with van der Waals surface area (Å²) in [6.45, 7) is 6.46. The van der Waals surface area contributed by atoms with Crippen LogP contribution in [0.15, 0.2) is 0 Å². The topological polar surface area (TPSA) is 24.5 Å². The van der Waals surface area contributed by atoms with Crippen LogP contribution in [0.25, 0.3) is 0 Å². The predicted octanol–water partition coefficient (Wildman–Crippen LogP) is 2.27. The molecular weight excluding hydrogens is 236 g/mol. The lowest BCUT2D eigenvalue weighted by atomic mass is 9.69. The van der Waals surface area contributed by atoms with E-state index in [0.717, 1.165) is 44.2 Å². The number of hydrogen-bond acceptors (Lipinski definition) is 3. The van der Waals surface area contributed by atoms with Crippen LogP contribution in [0.2, 0.25) is 0 Å². The molecule has 2 aliphatic carbocycles. The second kappa shape index (κ2) is 7.05. The molecule has 3 fully saturated rings. The van der Waals surface area contributed by atoms with Crippen molar-refractivity contribution < 1.29 is 4.74 Å². The number of ether oxygens (including phenoxy) is 1. The monoisotopic (exact) mass is 266 g/mol. The quantitative estimate of drug-likeness (QED) is 0.845. The van der Waals surface area contributed by atoms with Crippen molar-refractivity contribution in [2.75, 3.05) is 39.4 Å². The van der Waals surface area contributed by atoms with E-state index >= 15 is 0 Å². The molecule has 3 atom stereocenters. The van der Waals surface area contributed by atoms with E-state index in [1.165, 1.54) is 58.0 Å². The number of rotatable bonds is 4. The highest BCUT2D eigenvalue weighted by Crippen LogP contribution is 2.40. The number of nitrogens with one attached hydrogen (secondary N) is 1. The number of hydrogen-bond donors (Lipinski definition) is 1. The molecule has 0 radical (unpaired) electrons. The van der Waals surface area contributed by atoms with E-state index in [1.54, 1.807) is 0 Å². The fourth-order valence-corrected chi connectivity index (χ4v) is 4.31. The highest BCUT2D eigenvalue weighted by atomic mass is 16.5. The van der Waals surface area contributed by atoms with Crippen LogP contribution in [-0.4, -0.2) is 50.3 Å². The zero-order valence-electron chi connectivity index (χ0n) is 12.3. The first-order chi connectivity index (χ1) is 9.42. The van der Waals surface area contributed by atoms with Gasteiger partial charge in [0, 0.05) is 32.2 Å². The van der Waals surface area contributed by atoms with Gasteiger partial charge < -0.3 is 10.1 Å². The molecule has 3 aliphatic rings. The smallest absolute Gasteiger partial charge is 0.0594 e. The van der Waals surface area contributed by atoms with E-state index in [2.05, 4.69) is 10.2 Å². The summed E-state index contributed by atoms with van der Waals surface area (Å²) < 4.78 is 5.39. The summed E-state index contributed by atoms with van der Waals surface area (Å²) in [5.74, 6) is 2.12. The molecule has 0 spiro atoms. The molecule has 0 bridgehead atoms. The first-order valence-electron chi connectivity index (χ1n) is 8.45. The third-order valence-electron chi connectivity index (χ3n) is 5.50. The Morgan fingerprint density at radius 2 is 1.74 bits per heavy atom. The first-order valence-corrected chi connectivity index (χ1v) is 8.45. The minimum atomic E-state index is 0.806. The molecule has 0 amide bonds. The Morgan fingerprint density at radius 3 is 2.58 bits per heavy atom. The highest BCUT2D eigenvalue weighted by molar-refractivity contribution is 4.86. The Hall–Kier alpha value is -0.120. The van der Waals surface area contributed by atoms with Gasteiger partial charge in [0.2, 0.25) is 0 Å². The molecule has 3 nitrogen and oxygen atoms in total. The van der Waals surface area contributed by atoms with Gasteiger partial charge in [0.25, 0.3) is 0 Å². The fraction of sp³-hybridized carbons (Fsp3) is 1.00. The average Bonchev–Trinajstić information content (AvgIpc) is 2.48. The Kier molecular flexibility index (Phi) is 5.14. The van der Waals surface area contributed by atoms with Crippen molar-refractivity contribution >= 4 is 0 Å². The van der Waals surface area contributed by atoms with Crippen molar-refractivity contribution in [2.45, 2.75) is 51.0 Å². The van der Waals surface area contributed by atoms with Crippen LogP contribution in [0, 0.1) is 11.8 Å². The van der Waals surface area contributed by atoms with Crippen LogP contribution in [0.5, 0.6) is 0 Å². The molecule has 2 saturated carbocycles. The van der Waals surface area contributed by atoms with Gasteiger partial charge in [-0.25, -0.2) is 0 Å². The van der Waals surface area contributed by atoms with Crippen molar-refractivity contribution in [1.29, 1.82) is 0 Å². The molecule has 3 heteroatoms. The standard InChI is InChI=1S/C16H30N2O/c1-2-4-15-13-16(6-5-14(15)3-1)17-7-8-18-9-11-19-12-10-18/h14-17H,1-13H2. The molecule has 0 aromatic heterocycles. The molecule has 1 aliphatic heterocycles. The lowest BCUT2D eigenvalue weighted by Gasteiger charge is -2.40. The van der Waals surface area contributed by atoms with Crippen molar-refractivity contribution in [2.24, 2.45) is 11.8 Å². The number of morpholine rings is 1. The zero-order chi connectivity index (χ0) is 12.9. The summed E-state index contributed by atoms with van der Waals surface area (Å²) in [5, 5.41) is 3.82. The molecule has 110 valence electrons. The van der Waals surface area contributed by atoms with E-state index < -0.39 is 0 Å². The van der Waals surface area contributed by atoms with E-state index in [1.807, 2.05) is 0 Å². The van der Waals surface area contributed by atoms with Gasteiger partial charge in [0.1, 0.15) is 0 Å². The van der Waals surface area contributed by atoms with Crippen LogP contribution in [0.1, 0.15) is 44.9 Å². The van der Waals surface area contributed by atoms with Crippen LogP contribution < -0.4 is 5.32 Å². The van der Waals surface area contributed by atoms with Crippen LogP contribution in [0.3, 0.4) is 0 Å². The Balaban J connectivity index is 1.34. The number of fused-ring (bicyclic) bond motifs is 1. The Bertz CT molecular complexity index is 265. The summed E-state index contributed by atoms with van der Waals surface area (Å²) in [6, 6.07) is 0.806. The molecule has 19 heavy (non-hydrogen) atoms. The Labute approximate surface area is 118 Å². The highest BCUT2D eigenvalue weighted by Gasteiger charge is 2.31. The van der Waals surface area contributed by atoms with Gasteiger partial charge in [0.15, 0.2) is 0 Å². The van der Waals surface area contributed by atoms with Gasteiger partial charge in [-0.1, -0.05) is 25.7 Å². The van der Waals surface area contributed by atoms with Gasteiger partial charge in [-0.05, 0) is 31.1 Å². The van der Waals surface area contributed by atoms with Gasteiger partial charge in [-0.3, -0.25) is 4.90 Å². The lowest BCUT2D eigenvalue weighted by Crippen LogP contribution is -2.44. The van der Waals surface area contributed by atoms with E-state index in [4.69, 9.17) is 4.74 Å². The molecular formula is C16H30N2O. The zero-order valence-corrected chi connectivity index (χ0v) is 12.3. The maximum Gasteiger partial charge on any atom is 0.0594 e. The molecule has 0 aromatic rings. The van der Waals surface area contributed by atoms with Crippen LogP contribution in [-0.2, 0) is 4.74 Å². The fourth-order valence-electron chi connectivity index (χ4n) is 4.31. The summed E-state index contributed by atoms with van der Waals surface area (Å²) in [4.78, 5) is 2.53. The lowest BCUT2D eigenvalue weighted by molar-refractivity contribution is 0.0375. The van der Waals surface area contributed by atoms with Gasteiger partial charge in [0.05, 0.1) is 13.2 Å². The van der Waals surface area contributed by atoms with Crippen LogP contribution >= 0.6 is 0 Å². The molecule has 1 heterocycles. The molecule has 0 aromatic carbocycles. The first kappa shape index (κ1) is 13.8. The van der Waals surface area contributed by atoms with Gasteiger partial charge in [-0.2, -0.15) is 0 Å². The van der Waals surface area contributed by atoms with Gasteiger partial charge in [-0.15, -0.1) is 0 Å². The molecule has 3 unspecified atom stereocenters. The molecule has 3 rings (SSSR count). The largest absolute Gasteiger partial charge is 0.379 e. The SMILES string of the molecule is C1CCC2CC(NCCN3CCOCC3)CCC2C1. The minimum Gasteiger partial charge on any atom is -0.379 e. The second-order valence-corrected chi connectivity index (χ2v) is 6.72. The van der Waals surface area contributed by atoms with Crippen molar-refractivity contribution in [3.05, 3.63) is 0 Å². The maximum atomic E-state index is 5.39. The maximum absolute atomic E-state index is 5.39. The predicted molar refractivity (Wildman–Crippen MR) is 78.3 cm³/mol. The third-order valence-corrected chi connectivity index (χ3v) is 5.50. The second-order valence-electron chi connectivity index (χ2n) is 6.72. The number of nitrogens with zero attached hydrogens (tertiary/aromatic N) is 1. The third kappa shape index (κ3) is 3.93. The normalized spacial score (nSPS) is 36.9. The van der Waals surface area contributed by atoms with Crippen molar-refractivity contribution in [3.63, 3.8) is 0 Å². The average molecular weight is 266 g/mol. The Morgan fingerprint density at radius 1 is 0.947 bits per heavy atom. The summed E-state index contributed by atoms with van der Waals surface area (Å²) >= 11 is 0. The van der Waals surface area contributed by atoms with E-state index in [0.29, 0.717) is 0 Å². The molecule has 1 saturated heterocycles. The summed E-state index contributed by atoms with van der Waals surface area (Å²) in [6.07, 6.45) is 10.4. The summed E-state index contributed by atoms with van der Waals surface area (Å²) in [7, 11) is 0. The van der Waals surface area contributed by atoms with Crippen molar-refractivity contribution in [1.82, 2.24) is 10.2 Å². The van der Waals surface area contributed by atoms with E-state index in [9.17, 15) is 0 Å². The molecule has 1 N–H and O–H groups in total.